The molecule has 0 saturated carbocycles. The fraction of sp³-hybridized carbons (Fsp3) is 0.323. The predicted molar refractivity (Wildman–Crippen MR) is 149 cm³/mol. The van der Waals surface area contributed by atoms with Gasteiger partial charge in [0.1, 0.15) is 17.2 Å². The number of anilines is 2. The maximum absolute atomic E-state index is 12.7. The van der Waals surface area contributed by atoms with Gasteiger partial charge in [0.25, 0.3) is 5.91 Å². The quantitative estimate of drug-likeness (QED) is 0.331. The smallest absolute Gasteiger partial charge is 0.311 e. The second-order valence-electron chi connectivity index (χ2n) is 9.78. The Morgan fingerprint density at radius 2 is 1.77 bits per heavy atom. The summed E-state index contributed by atoms with van der Waals surface area (Å²) in [6.07, 6.45) is 0.0208. The lowest BCUT2D eigenvalue weighted by atomic mass is 10.0. The third kappa shape index (κ3) is 6.96. The Balaban J connectivity index is 1.32. The highest BCUT2D eigenvalue weighted by atomic mass is 16.5. The molecule has 4 rings (SSSR count). The first-order chi connectivity index (χ1) is 18.7. The lowest BCUT2D eigenvalue weighted by Crippen LogP contribution is -2.28. The molecule has 1 saturated heterocycles. The van der Waals surface area contributed by atoms with Crippen molar-refractivity contribution in [3.05, 3.63) is 77.9 Å². The molecule has 0 unspecified atom stereocenters. The molecule has 0 spiro atoms. The van der Waals surface area contributed by atoms with Crippen LogP contribution in [0.5, 0.6) is 17.2 Å². The van der Waals surface area contributed by atoms with Crippen molar-refractivity contribution in [3.63, 3.8) is 0 Å². The normalized spacial score (nSPS) is 14.8. The van der Waals surface area contributed by atoms with Gasteiger partial charge in [0.2, 0.25) is 5.91 Å². The molecule has 1 heterocycles. The van der Waals surface area contributed by atoms with E-state index in [2.05, 4.69) is 31.3 Å². The van der Waals surface area contributed by atoms with E-state index in [1.165, 1.54) is 0 Å². The Hall–Kier alpha value is -4.33. The van der Waals surface area contributed by atoms with E-state index in [9.17, 15) is 14.4 Å². The van der Waals surface area contributed by atoms with Gasteiger partial charge < -0.3 is 24.4 Å². The second kappa shape index (κ2) is 12.5. The number of amides is 2. The fourth-order valence-electron chi connectivity index (χ4n) is 4.44. The van der Waals surface area contributed by atoms with Gasteiger partial charge in [0.05, 0.1) is 18.2 Å². The molecule has 2 amide bonds. The summed E-state index contributed by atoms with van der Waals surface area (Å²) in [4.78, 5) is 39.2. The van der Waals surface area contributed by atoms with Gasteiger partial charge in [-0.1, -0.05) is 38.1 Å². The number of nitrogens with one attached hydrogen (secondary N) is 1. The maximum Gasteiger partial charge on any atom is 0.311 e. The summed E-state index contributed by atoms with van der Waals surface area (Å²) in [5, 5.41) is 2.69. The molecule has 204 valence electrons. The van der Waals surface area contributed by atoms with Crippen LogP contribution < -0.4 is 19.7 Å². The van der Waals surface area contributed by atoms with Crippen LogP contribution in [-0.4, -0.2) is 37.5 Å². The molecule has 39 heavy (non-hydrogen) atoms. The Bertz CT molecular complexity index is 1340. The van der Waals surface area contributed by atoms with Gasteiger partial charge in [-0.2, -0.15) is 0 Å². The molecule has 3 aromatic carbocycles. The van der Waals surface area contributed by atoms with Crippen LogP contribution >= 0.6 is 0 Å². The molecule has 0 aromatic heterocycles. The molecular formula is C31H34N2O6. The molecule has 0 aliphatic carbocycles. The van der Waals surface area contributed by atoms with E-state index < -0.39 is 24.4 Å². The molecule has 0 radical (unpaired) electrons. The molecule has 8 nitrogen and oxygen atoms in total. The number of esters is 1. The van der Waals surface area contributed by atoms with Crippen molar-refractivity contribution in [1.29, 1.82) is 0 Å². The number of hydrogen-bond donors (Lipinski definition) is 1. The zero-order valence-electron chi connectivity index (χ0n) is 22.7. The van der Waals surface area contributed by atoms with Crippen LogP contribution in [0.2, 0.25) is 0 Å². The third-order valence-electron chi connectivity index (χ3n) is 6.43. The van der Waals surface area contributed by atoms with Crippen molar-refractivity contribution in [3.8, 4) is 17.2 Å². The van der Waals surface area contributed by atoms with Crippen LogP contribution in [0.15, 0.2) is 66.7 Å². The molecular weight excluding hydrogens is 496 g/mol. The number of rotatable bonds is 10. The number of aryl methyl sites for hydroxylation is 1. The monoisotopic (exact) mass is 530 g/mol. The number of ether oxygens (including phenoxy) is 3. The first kappa shape index (κ1) is 27.7. The number of para-hydroxylation sites is 2. The maximum atomic E-state index is 12.7. The molecule has 1 aliphatic rings. The Kier molecular flexibility index (Phi) is 8.86. The largest absolute Gasteiger partial charge is 0.492 e. The van der Waals surface area contributed by atoms with Crippen LogP contribution in [0.3, 0.4) is 0 Å². The van der Waals surface area contributed by atoms with Gasteiger partial charge >= 0.3 is 5.97 Å². The van der Waals surface area contributed by atoms with Gasteiger partial charge in [0, 0.05) is 18.7 Å². The molecule has 1 aliphatic heterocycles. The van der Waals surface area contributed by atoms with Crippen molar-refractivity contribution in [2.24, 2.45) is 5.92 Å². The van der Waals surface area contributed by atoms with E-state index in [1.54, 1.807) is 41.3 Å². The van der Waals surface area contributed by atoms with E-state index in [0.29, 0.717) is 35.4 Å². The first-order valence-electron chi connectivity index (χ1n) is 13.1. The summed E-state index contributed by atoms with van der Waals surface area (Å²) >= 11 is 0. The molecule has 1 N–H and O–H groups in total. The zero-order valence-corrected chi connectivity index (χ0v) is 22.7. The van der Waals surface area contributed by atoms with Gasteiger partial charge in [-0.15, -0.1) is 0 Å². The highest BCUT2D eigenvalue weighted by Gasteiger charge is 2.36. The van der Waals surface area contributed by atoms with Gasteiger partial charge in [0.15, 0.2) is 6.61 Å². The molecule has 3 aromatic rings. The topological polar surface area (TPSA) is 94.2 Å². The standard InChI is InChI=1S/C31H34N2O6/c1-5-37-27-9-7-6-8-26(27)32-29(34)19-38-31(36)22-17-30(35)33(18-22)23-11-13-24(14-12-23)39-28-16-21(4)10-15-25(28)20(2)3/h6-16,20,22H,5,17-19H2,1-4H3,(H,32,34)/t22-/m0/s1. The number of nitrogens with zero attached hydrogens (tertiary/aromatic N) is 1. The number of carbonyl (C=O) groups is 3. The van der Waals surface area contributed by atoms with Crippen LogP contribution in [0.25, 0.3) is 0 Å². The lowest BCUT2D eigenvalue weighted by molar-refractivity contribution is -0.151. The highest BCUT2D eigenvalue weighted by Crippen LogP contribution is 2.33. The lowest BCUT2D eigenvalue weighted by Gasteiger charge is -2.18. The zero-order chi connectivity index (χ0) is 27.9. The summed E-state index contributed by atoms with van der Waals surface area (Å²) in [5.41, 5.74) is 3.39. The Labute approximate surface area is 228 Å². The van der Waals surface area contributed by atoms with E-state index in [1.807, 2.05) is 32.0 Å². The Morgan fingerprint density at radius 1 is 1.03 bits per heavy atom. The van der Waals surface area contributed by atoms with Crippen LogP contribution in [-0.2, 0) is 19.1 Å². The summed E-state index contributed by atoms with van der Waals surface area (Å²) < 4.78 is 16.9. The van der Waals surface area contributed by atoms with Crippen molar-refractivity contribution in [2.45, 2.75) is 40.0 Å². The number of benzene rings is 3. The molecule has 1 atom stereocenters. The average molecular weight is 531 g/mol. The minimum atomic E-state index is -0.655. The third-order valence-corrected chi connectivity index (χ3v) is 6.43. The van der Waals surface area contributed by atoms with Gasteiger partial charge in [-0.25, -0.2) is 0 Å². The number of carbonyl (C=O) groups excluding carboxylic acids is 3. The summed E-state index contributed by atoms with van der Waals surface area (Å²) in [6, 6.07) is 20.4. The van der Waals surface area contributed by atoms with Crippen molar-refractivity contribution < 1.29 is 28.6 Å². The van der Waals surface area contributed by atoms with E-state index in [4.69, 9.17) is 14.2 Å². The average Bonchev–Trinajstić information content (AvgIpc) is 3.30. The molecule has 0 bridgehead atoms. The summed E-state index contributed by atoms with van der Waals surface area (Å²) in [6.45, 7) is 8.30. The predicted octanol–water partition coefficient (Wildman–Crippen LogP) is 5.84. The van der Waals surface area contributed by atoms with Crippen molar-refractivity contribution >= 4 is 29.2 Å². The fourth-order valence-corrected chi connectivity index (χ4v) is 4.44. The second-order valence-corrected chi connectivity index (χ2v) is 9.78. The molecule has 1 fully saturated rings. The van der Waals surface area contributed by atoms with Crippen LogP contribution in [0.4, 0.5) is 11.4 Å². The number of hydrogen-bond acceptors (Lipinski definition) is 6. The summed E-state index contributed by atoms with van der Waals surface area (Å²) in [7, 11) is 0. The van der Waals surface area contributed by atoms with Crippen molar-refractivity contribution in [1.82, 2.24) is 0 Å². The minimum Gasteiger partial charge on any atom is -0.492 e. The van der Waals surface area contributed by atoms with E-state index in [-0.39, 0.29) is 18.9 Å². The van der Waals surface area contributed by atoms with Gasteiger partial charge in [-0.3, -0.25) is 14.4 Å². The van der Waals surface area contributed by atoms with E-state index >= 15 is 0 Å². The summed E-state index contributed by atoms with van der Waals surface area (Å²) in [5.74, 6) is 0.414. The molecule has 8 heteroatoms. The SMILES string of the molecule is CCOc1ccccc1NC(=O)COC(=O)[C@H]1CC(=O)N(c2ccc(Oc3cc(C)ccc3C(C)C)cc2)C1. The highest BCUT2D eigenvalue weighted by molar-refractivity contribution is 6.00. The minimum absolute atomic E-state index is 0.0208. The van der Waals surface area contributed by atoms with Gasteiger partial charge in [-0.05, 0) is 73.4 Å². The van der Waals surface area contributed by atoms with E-state index in [0.717, 1.165) is 16.9 Å². The Morgan fingerprint density at radius 3 is 2.49 bits per heavy atom. The van der Waals surface area contributed by atoms with Crippen LogP contribution in [0.1, 0.15) is 44.2 Å². The van der Waals surface area contributed by atoms with Crippen LogP contribution in [0, 0.1) is 12.8 Å². The first-order valence-corrected chi connectivity index (χ1v) is 13.1. The van der Waals surface area contributed by atoms with Crippen molar-refractivity contribution in [2.75, 3.05) is 30.0 Å².